The maximum Gasteiger partial charge on any atom is 0.141 e. The average Bonchev–Trinajstić information content (AvgIpc) is 2.80. The number of pyridine rings is 1. The van der Waals surface area contributed by atoms with E-state index in [1.807, 2.05) is 10.6 Å². The third kappa shape index (κ3) is 2.25. The third-order valence-corrected chi connectivity index (χ3v) is 3.48. The van der Waals surface area contributed by atoms with Gasteiger partial charge in [-0.3, -0.25) is 9.55 Å². The van der Waals surface area contributed by atoms with Crippen LogP contribution in [0.5, 0.6) is 0 Å². The summed E-state index contributed by atoms with van der Waals surface area (Å²) in [6.07, 6.45) is 3.98. The zero-order chi connectivity index (χ0) is 14.1. The van der Waals surface area contributed by atoms with Crippen molar-refractivity contribution in [1.29, 1.82) is 0 Å². The van der Waals surface area contributed by atoms with Crippen LogP contribution in [0.2, 0.25) is 5.02 Å². The Morgan fingerprint density at radius 1 is 1.25 bits per heavy atom. The molecule has 0 bridgehead atoms. The van der Waals surface area contributed by atoms with Crippen molar-refractivity contribution in [3.05, 3.63) is 53.3 Å². The molecule has 2 heterocycles. The van der Waals surface area contributed by atoms with Crippen molar-refractivity contribution in [2.24, 2.45) is 0 Å². The molecule has 6 heteroatoms. The number of alkyl halides is 1. The lowest BCUT2D eigenvalue weighted by molar-refractivity contribution is 0.627. The van der Waals surface area contributed by atoms with Crippen molar-refractivity contribution in [3.63, 3.8) is 0 Å². The SMILES string of the molecule is Fc1ccc(-n2c(CCCl)nc3cnccc32)cc1Cl. The maximum absolute atomic E-state index is 13.3. The Labute approximate surface area is 125 Å². The van der Waals surface area contributed by atoms with Crippen LogP contribution < -0.4 is 0 Å². The molecule has 3 aromatic rings. The van der Waals surface area contributed by atoms with E-state index < -0.39 is 5.82 Å². The number of hydrogen-bond acceptors (Lipinski definition) is 2. The molecule has 0 N–H and O–H groups in total. The highest BCUT2D eigenvalue weighted by molar-refractivity contribution is 6.30. The minimum absolute atomic E-state index is 0.0789. The number of nitrogens with zero attached hydrogens (tertiary/aromatic N) is 3. The van der Waals surface area contributed by atoms with Gasteiger partial charge >= 0.3 is 0 Å². The molecule has 102 valence electrons. The fourth-order valence-electron chi connectivity index (χ4n) is 2.15. The largest absolute Gasteiger partial charge is 0.296 e. The number of aryl methyl sites for hydroxylation is 1. The molecule has 0 radical (unpaired) electrons. The minimum Gasteiger partial charge on any atom is -0.296 e. The maximum atomic E-state index is 13.3. The summed E-state index contributed by atoms with van der Waals surface area (Å²) in [4.78, 5) is 8.57. The van der Waals surface area contributed by atoms with E-state index in [1.54, 1.807) is 24.5 Å². The summed E-state index contributed by atoms with van der Waals surface area (Å²) in [5.41, 5.74) is 2.42. The first-order valence-corrected chi connectivity index (χ1v) is 6.94. The van der Waals surface area contributed by atoms with Gasteiger partial charge in [-0.1, -0.05) is 11.6 Å². The smallest absolute Gasteiger partial charge is 0.141 e. The summed E-state index contributed by atoms with van der Waals surface area (Å²) in [5, 5.41) is 0.0789. The molecule has 3 rings (SSSR count). The van der Waals surface area contributed by atoms with Crippen LogP contribution in [0.25, 0.3) is 16.7 Å². The molecular formula is C14H10Cl2FN3. The minimum atomic E-state index is -0.444. The predicted octanol–water partition coefficient (Wildman–Crippen LogP) is 3.99. The number of aromatic nitrogens is 3. The average molecular weight is 310 g/mol. The van der Waals surface area contributed by atoms with E-state index in [0.29, 0.717) is 12.3 Å². The lowest BCUT2D eigenvalue weighted by Gasteiger charge is -2.09. The molecular weight excluding hydrogens is 300 g/mol. The predicted molar refractivity (Wildman–Crippen MR) is 78.3 cm³/mol. The van der Waals surface area contributed by atoms with E-state index in [1.165, 1.54) is 6.07 Å². The Morgan fingerprint density at radius 3 is 2.85 bits per heavy atom. The van der Waals surface area contributed by atoms with Crippen LogP contribution in [-0.2, 0) is 6.42 Å². The monoisotopic (exact) mass is 309 g/mol. The van der Waals surface area contributed by atoms with Crippen molar-refractivity contribution in [3.8, 4) is 5.69 Å². The van der Waals surface area contributed by atoms with Gasteiger partial charge < -0.3 is 0 Å². The molecule has 0 saturated carbocycles. The molecule has 0 aliphatic carbocycles. The van der Waals surface area contributed by atoms with E-state index in [9.17, 15) is 4.39 Å². The summed E-state index contributed by atoms with van der Waals surface area (Å²) in [6, 6.07) is 6.45. The van der Waals surface area contributed by atoms with Gasteiger partial charge in [0.15, 0.2) is 0 Å². The molecule has 0 fully saturated rings. The number of halogens is 3. The molecule has 0 aliphatic heterocycles. The molecule has 0 unspecified atom stereocenters. The van der Waals surface area contributed by atoms with Gasteiger partial charge in [-0.25, -0.2) is 9.37 Å². The van der Waals surface area contributed by atoms with Gasteiger partial charge in [-0.2, -0.15) is 0 Å². The lowest BCUT2D eigenvalue weighted by Crippen LogP contribution is -2.02. The van der Waals surface area contributed by atoms with Gasteiger partial charge in [0.2, 0.25) is 0 Å². The Hall–Kier alpha value is -1.65. The van der Waals surface area contributed by atoms with Crippen molar-refractivity contribution in [2.45, 2.75) is 6.42 Å². The molecule has 0 amide bonds. The van der Waals surface area contributed by atoms with Crippen LogP contribution in [0.1, 0.15) is 5.82 Å². The zero-order valence-electron chi connectivity index (χ0n) is 10.4. The second-order valence-electron chi connectivity index (χ2n) is 4.27. The number of hydrogen-bond donors (Lipinski definition) is 0. The molecule has 0 aliphatic rings. The zero-order valence-corrected chi connectivity index (χ0v) is 11.9. The van der Waals surface area contributed by atoms with Gasteiger partial charge in [-0.05, 0) is 24.3 Å². The van der Waals surface area contributed by atoms with Crippen LogP contribution in [-0.4, -0.2) is 20.4 Å². The Morgan fingerprint density at radius 2 is 2.10 bits per heavy atom. The second-order valence-corrected chi connectivity index (χ2v) is 5.05. The quantitative estimate of drug-likeness (QED) is 0.685. The third-order valence-electron chi connectivity index (χ3n) is 3.01. The molecule has 1 aromatic carbocycles. The van der Waals surface area contributed by atoms with Crippen molar-refractivity contribution < 1.29 is 4.39 Å². The van der Waals surface area contributed by atoms with Crippen LogP contribution in [0.15, 0.2) is 36.7 Å². The summed E-state index contributed by atoms with van der Waals surface area (Å²) >= 11 is 11.7. The van der Waals surface area contributed by atoms with E-state index >= 15 is 0 Å². The first kappa shape index (κ1) is 13.3. The van der Waals surface area contributed by atoms with E-state index in [2.05, 4.69) is 9.97 Å². The standard InChI is InChI=1S/C14H10Cl2FN3/c15-5-3-14-19-12-8-18-6-4-13(12)20(14)9-1-2-11(17)10(16)7-9/h1-2,4,6-8H,3,5H2. The highest BCUT2D eigenvalue weighted by atomic mass is 35.5. The summed E-state index contributed by atoms with van der Waals surface area (Å²) in [6.45, 7) is 0. The fraction of sp³-hybridized carbons (Fsp3) is 0.143. The molecule has 0 saturated heterocycles. The van der Waals surface area contributed by atoms with Gasteiger partial charge in [-0.15, -0.1) is 11.6 Å². The highest BCUT2D eigenvalue weighted by Crippen LogP contribution is 2.25. The van der Waals surface area contributed by atoms with Crippen LogP contribution in [0, 0.1) is 5.82 Å². The molecule has 3 nitrogen and oxygen atoms in total. The highest BCUT2D eigenvalue weighted by Gasteiger charge is 2.13. The van der Waals surface area contributed by atoms with Crippen molar-refractivity contribution >= 4 is 34.2 Å². The second kappa shape index (κ2) is 5.38. The number of benzene rings is 1. The first-order chi connectivity index (χ1) is 9.70. The van der Waals surface area contributed by atoms with Crippen LogP contribution in [0.4, 0.5) is 4.39 Å². The normalized spacial score (nSPS) is 11.2. The Balaban J connectivity index is 2.26. The van der Waals surface area contributed by atoms with E-state index in [-0.39, 0.29) is 5.02 Å². The van der Waals surface area contributed by atoms with Crippen molar-refractivity contribution in [2.75, 3.05) is 5.88 Å². The molecule has 2 aromatic heterocycles. The summed E-state index contributed by atoms with van der Waals surface area (Å²) in [5.74, 6) is 0.803. The van der Waals surface area contributed by atoms with Gasteiger partial charge in [0.05, 0.1) is 16.7 Å². The number of imidazole rings is 1. The number of fused-ring (bicyclic) bond motifs is 1. The van der Waals surface area contributed by atoms with Gasteiger partial charge in [0.25, 0.3) is 0 Å². The summed E-state index contributed by atoms with van der Waals surface area (Å²) in [7, 11) is 0. The molecule has 0 atom stereocenters. The topological polar surface area (TPSA) is 30.7 Å². The summed E-state index contributed by atoms with van der Waals surface area (Å²) < 4.78 is 15.2. The van der Waals surface area contributed by atoms with Gasteiger partial charge in [0, 0.05) is 24.2 Å². The van der Waals surface area contributed by atoms with E-state index in [4.69, 9.17) is 23.2 Å². The first-order valence-electron chi connectivity index (χ1n) is 6.03. The fourth-order valence-corrected chi connectivity index (χ4v) is 2.49. The van der Waals surface area contributed by atoms with E-state index in [0.717, 1.165) is 22.5 Å². The lowest BCUT2D eigenvalue weighted by atomic mass is 10.3. The van der Waals surface area contributed by atoms with Crippen LogP contribution >= 0.6 is 23.2 Å². The van der Waals surface area contributed by atoms with Crippen LogP contribution in [0.3, 0.4) is 0 Å². The van der Waals surface area contributed by atoms with Gasteiger partial charge in [0.1, 0.15) is 17.2 Å². The molecule has 20 heavy (non-hydrogen) atoms. The Kier molecular flexibility index (Phi) is 3.59. The number of rotatable bonds is 3. The van der Waals surface area contributed by atoms with Crippen molar-refractivity contribution in [1.82, 2.24) is 14.5 Å². The molecule has 0 spiro atoms. The Bertz CT molecular complexity index is 770.